The summed E-state index contributed by atoms with van der Waals surface area (Å²) in [5.74, 6) is -0.625. The fraction of sp³-hybridized carbons (Fsp3) is 0.636. The van der Waals surface area contributed by atoms with E-state index < -0.39 is 15.9 Å². The van der Waals surface area contributed by atoms with E-state index in [0.29, 0.717) is 37.9 Å². The van der Waals surface area contributed by atoms with Gasteiger partial charge in [-0.25, -0.2) is 8.42 Å². The molecule has 1 saturated heterocycles. The summed E-state index contributed by atoms with van der Waals surface area (Å²) in [5.41, 5.74) is 0.612. The first-order valence-corrected chi connectivity index (χ1v) is 12.5. The maximum atomic E-state index is 12.6. The summed E-state index contributed by atoms with van der Waals surface area (Å²) in [4.78, 5) is 29.2. The molecular formula is C22H34N4O4S. The van der Waals surface area contributed by atoms with Crippen molar-refractivity contribution in [3.63, 3.8) is 0 Å². The number of rotatable bonds is 10. The van der Waals surface area contributed by atoms with Gasteiger partial charge in [-0.05, 0) is 51.1 Å². The summed E-state index contributed by atoms with van der Waals surface area (Å²) in [6, 6.07) is 7.22. The van der Waals surface area contributed by atoms with Crippen LogP contribution < -0.4 is 10.2 Å². The minimum Gasteiger partial charge on any atom is -0.354 e. The third-order valence-electron chi connectivity index (χ3n) is 6.38. The molecule has 1 aliphatic carbocycles. The molecule has 1 aliphatic heterocycles. The Kier molecular flexibility index (Phi) is 7.39. The van der Waals surface area contributed by atoms with E-state index >= 15 is 0 Å². The molecule has 9 heteroatoms. The normalized spacial score (nSPS) is 20.5. The lowest BCUT2D eigenvalue weighted by molar-refractivity contribution is -0.126. The second kappa shape index (κ2) is 9.67. The van der Waals surface area contributed by atoms with Crippen molar-refractivity contribution in [3.05, 3.63) is 24.3 Å². The molecule has 2 aliphatic rings. The van der Waals surface area contributed by atoms with E-state index in [1.165, 1.54) is 29.3 Å². The molecule has 0 bridgehead atoms. The molecule has 3 rings (SSSR count). The Bertz CT molecular complexity index is 895. The molecule has 2 atom stereocenters. The van der Waals surface area contributed by atoms with Crippen LogP contribution in [-0.4, -0.2) is 74.7 Å². The summed E-state index contributed by atoms with van der Waals surface area (Å²) in [6.45, 7) is 7.36. The average molecular weight is 451 g/mol. The summed E-state index contributed by atoms with van der Waals surface area (Å²) < 4.78 is 26.7. The maximum Gasteiger partial charge on any atom is 0.243 e. The lowest BCUT2D eigenvalue weighted by Gasteiger charge is -2.25. The number of carbonyl (C=O) groups excluding carboxylic acids is 2. The molecular weight excluding hydrogens is 416 g/mol. The van der Waals surface area contributed by atoms with Gasteiger partial charge in [0, 0.05) is 50.4 Å². The number of nitrogens with one attached hydrogen (secondary N) is 1. The molecule has 31 heavy (non-hydrogen) atoms. The number of hydrogen-bond donors (Lipinski definition) is 1. The quantitative estimate of drug-likeness (QED) is 0.586. The molecule has 0 aromatic heterocycles. The Hall–Kier alpha value is -1.97. The first kappa shape index (κ1) is 23.7. The lowest BCUT2D eigenvalue weighted by Crippen LogP contribution is -2.43. The Morgan fingerprint density at radius 1 is 1.19 bits per heavy atom. The van der Waals surface area contributed by atoms with Crippen LogP contribution in [0.2, 0.25) is 0 Å². The topological polar surface area (TPSA) is 90.0 Å². The molecule has 172 valence electrons. The van der Waals surface area contributed by atoms with E-state index in [-0.39, 0.29) is 29.2 Å². The van der Waals surface area contributed by atoms with Crippen LogP contribution in [0.1, 0.15) is 40.0 Å². The largest absolute Gasteiger partial charge is 0.354 e. The molecule has 0 spiro atoms. The van der Waals surface area contributed by atoms with Crippen LogP contribution in [0.15, 0.2) is 29.2 Å². The monoisotopic (exact) mass is 450 g/mol. The van der Waals surface area contributed by atoms with E-state index in [2.05, 4.69) is 24.2 Å². The van der Waals surface area contributed by atoms with Crippen LogP contribution in [0.25, 0.3) is 0 Å². The van der Waals surface area contributed by atoms with Gasteiger partial charge in [-0.3, -0.25) is 14.5 Å². The number of sulfonamides is 1. The number of hydrogen-bond acceptors (Lipinski definition) is 5. The van der Waals surface area contributed by atoms with Crippen molar-refractivity contribution >= 4 is 27.5 Å². The number of carbonyl (C=O) groups is 2. The number of nitrogens with zero attached hydrogens (tertiary/aromatic N) is 3. The van der Waals surface area contributed by atoms with Gasteiger partial charge in [0.15, 0.2) is 0 Å². The second-order valence-corrected chi connectivity index (χ2v) is 10.4. The van der Waals surface area contributed by atoms with E-state index in [0.717, 1.165) is 0 Å². The van der Waals surface area contributed by atoms with Crippen molar-refractivity contribution in [1.82, 2.24) is 14.5 Å². The Balaban J connectivity index is 1.60. The highest BCUT2D eigenvalue weighted by atomic mass is 32.2. The van der Waals surface area contributed by atoms with E-state index in [1.807, 2.05) is 0 Å². The zero-order chi connectivity index (χ0) is 22.8. The van der Waals surface area contributed by atoms with Gasteiger partial charge >= 0.3 is 0 Å². The molecule has 1 heterocycles. The van der Waals surface area contributed by atoms with Crippen molar-refractivity contribution in [1.29, 1.82) is 0 Å². The van der Waals surface area contributed by atoms with Gasteiger partial charge in [0.1, 0.15) is 0 Å². The highest BCUT2D eigenvalue weighted by Gasteiger charge is 2.36. The van der Waals surface area contributed by atoms with Crippen LogP contribution in [0.3, 0.4) is 0 Å². The van der Waals surface area contributed by atoms with Crippen molar-refractivity contribution in [2.75, 3.05) is 38.1 Å². The fourth-order valence-corrected chi connectivity index (χ4v) is 5.48. The van der Waals surface area contributed by atoms with Crippen LogP contribution in [0.4, 0.5) is 5.69 Å². The van der Waals surface area contributed by atoms with Crippen LogP contribution in [0, 0.1) is 5.92 Å². The van der Waals surface area contributed by atoms with Gasteiger partial charge in [0.05, 0.1) is 10.8 Å². The zero-order valence-electron chi connectivity index (χ0n) is 18.9. The minimum absolute atomic E-state index is 0.104. The smallest absolute Gasteiger partial charge is 0.243 e. The van der Waals surface area contributed by atoms with Crippen molar-refractivity contribution in [2.24, 2.45) is 5.92 Å². The first-order valence-electron chi connectivity index (χ1n) is 11.1. The number of amides is 2. The molecule has 2 unspecified atom stereocenters. The molecule has 1 saturated carbocycles. The van der Waals surface area contributed by atoms with Crippen LogP contribution in [-0.2, 0) is 19.6 Å². The second-order valence-electron chi connectivity index (χ2n) is 8.48. The lowest BCUT2D eigenvalue weighted by atomic mass is 10.1. The zero-order valence-corrected chi connectivity index (χ0v) is 19.7. The third kappa shape index (κ3) is 5.27. The predicted molar refractivity (Wildman–Crippen MR) is 120 cm³/mol. The SMILES string of the molecule is CCN(CC)S(=O)(=O)c1ccc(N2CC(C(=O)NCC(C)N(C)C3CC3)CC2=O)cc1. The van der Waals surface area contributed by atoms with Gasteiger partial charge in [0.25, 0.3) is 0 Å². The molecule has 2 amide bonds. The molecule has 8 nitrogen and oxygen atoms in total. The third-order valence-corrected chi connectivity index (χ3v) is 8.44. The van der Waals surface area contributed by atoms with Crippen LogP contribution in [0.5, 0.6) is 0 Å². The predicted octanol–water partition coefficient (Wildman–Crippen LogP) is 1.67. The number of likely N-dealkylation sites (N-methyl/N-ethyl adjacent to an activating group) is 1. The molecule has 1 aromatic carbocycles. The summed E-state index contributed by atoms with van der Waals surface area (Å²) >= 11 is 0. The highest BCUT2D eigenvalue weighted by Crippen LogP contribution is 2.28. The Morgan fingerprint density at radius 3 is 2.35 bits per heavy atom. The van der Waals surface area contributed by atoms with Crippen molar-refractivity contribution in [2.45, 2.75) is 57.0 Å². The highest BCUT2D eigenvalue weighted by molar-refractivity contribution is 7.89. The van der Waals surface area contributed by atoms with Crippen molar-refractivity contribution < 1.29 is 18.0 Å². The fourth-order valence-electron chi connectivity index (χ4n) is 4.02. The maximum absolute atomic E-state index is 12.6. The van der Waals surface area contributed by atoms with Gasteiger partial charge in [-0.2, -0.15) is 4.31 Å². The van der Waals surface area contributed by atoms with Crippen LogP contribution >= 0.6 is 0 Å². The summed E-state index contributed by atoms with van der Waals surface area (Å²) in [5, 5.41) is 2.99. The van der Waals surface area contributed by atoms with Gasteiger partial charge < -0.3 is 10.2 Å². The summed E-state index contributed by atoms with van der Waals surface area (Å²) in [7, 11) is -1.46. The molecule has 1 N–H and O–H groups in total. The Morgan fingerprint density at radius 2 is 1.81 bits per heavy atom. The minimum atomic E-state index is -3.54. The van der Waals surface area contributed by atoms with Gasteiger partial charge in [-0.1, -0.05) is 13.8 Å². The molecule has 2 fully saturated rings. The molecule has 0 radical (unpaired) electrons. The number of benzene rings is 1. The Labute approximate surface area is 185 Å². The first-order chi connectivity index (χ1) is 14.7. The molecule has 1 aromatic rings. The van der Waals surface area contributed by atoms with Crippen molar-refractivity contribution in [3.8, 4) is 0 Å². The number of anilines is 1. The van der Waals surface area contributed by atoms with E-state index in [1.54, 1.807) is 30.9 Å². The average Bonchev–Trinajstić information content (AvgIpc) is 3.53. The standard InChI is InChI=1S/C22H34N4O4S/c1-5-25(6-2)31(29,30)20-11-9-19(10-12-20)26-15-17(13-21(26)27)22(28)23-14-16(3)24(4)18-7-8-18/h9-12,16-18H,5-8,13-15H2,1-4H3,(H,23,28). The van der Waals surface area contributed by atoms with Gasteiger partial charge in [0.2, 0.25) is 21.8 Å². The van der Waals surface area contributed by atoms with E-state index in [9.17, 15) is 18.0 Å². The summed E-state index contributed by atoms with van der Waals surface area (Å²) in [6.07, 6.45) is 2.60. The van der Waals surface area contributed by atoms with E-state index in [4.69, 9.17) is 0 Å². The van der Waals surface area contributed by atoms with Gasteiger partial charge in [-0.15, -0.1) is 0 Å².